The van der Waals surface area contributed by atoms with Crippen LogP contribution in [0.4, 0.5) is 4.39 Å². The molecule has 0 fully saturated rings. The molecule has 14 heavy (non-hydrogen) atoms. The lowest BCUT2D eigenvalue weighted by Crippen LogP contribution is -2.26. The Hall–Kier alpha value is -0.640. The predicted molar refractivity (Wildman–Crippen MR) is 56.9 cm³/mol. The molecule has 0 aliphatic rings. The summed E-state index contributed by atoms with van der Waals surface area (Å²) in [7, 11) is 0. The fourth-order valence-corrected chi connectivity index (χ4v) is 1.21. The first-order valence-corrected chi connectivity index (χ1v) is 4.35. The van der Waals surface area contributed by atoms with Gasteiger partial charge in [-0.25, -0.2) is 4.39 Å². The molecule has 0 aromatic heterocycles. The Bertz CT molecular complexity index is 283. The van der Waals surface area contributed by atoms with Crippen molar-refractivity contribution in [1.82, 2.24) is 0 Å². The monoisotopic (exact) mass is 219 g/mol. The number of hydrogen-bond acceptors (Lipinski definition) is 2. The maximum atomic E-state index is 13.1. The van der Waals surface area contributed by atoms with Crippen LogP contribution >= 0.6 is 12.4 Å². The third-order valence-electron chi connectivity index (χ3n) is 2.10. The summed E-state index contributed by atoms with van der Waals surface area (Å²) in [6.45, 7) is 1.81. The first-order chi connectivity index (χ1) is 6.16. The summed E-state index contributed by atoms with van der Waals surface area (Å²) >= 11 is 0. The molecule has 80 valence electrons. The van der Waals surface area contributed by atoms with Crippen molar-refractivity contribution in [3.05, 3.63) is 35.6 Å². The van der Waals surface area contributed by atoms with E-state index in [1.165, 1.54) is 6.07 Å². The van der Waals surface area contributed by atoms with Crippen LogP contribution in [0.5, 0.6) is 0 Å². The molecule has 0 heterocycles. The van der Waals surface area contributed by atoms with Gasteiger partial charge in [0.1, 0.15) is 5.82 Å². The second-order valence-electron chi connectivity index (χ2n) is 3.02. The van der Waals surface area contributed by atoms with Crippen molar-refractivity contribution < 1.29 is 9.50 Å². The molecule has 4 heteroatoms. The van der Waals surface area contributed by atoms with E-state index in [1.54, 1.807) is 18.2 Å². The molecule has 0 saturated carbocycles. The molecule has 2 nitrogen and oxygen atoms in total. The molecule has 1 rings (SSSR count). The zero-order valence-electron chi connectivity index (χ0n) is 7.98. The van der Waals surface area contributed by atoms with Gasteiger partial charge in [0.15, 0.2) is 0 Å². The third-order valence-corrected chi connectivity index (χ3v) is 2.10. The number of benzene rings is 1. The second kappa shape index (κ2) is 5.96. The van der Waals surface area contributed by atoms with Crippen LogP contribution in [0.25, 0.3) is 0 Å². The lowest BCUT2D eigenvalue weighted by Gasteiger charge is -2.17. The maximum Gasteiger partial charge on any atom is 0.128 e. The van der Waals surface area contributed by atoms with Crippen LogP contribution in [0.1, 0.15) is 24.9 Å². The molecule has 3 N–H and O–H groups in total. The van der Waals surface area contributed by atoms with Gasteiger partial charge in [-0.1, -0.05) is 25.1 Å². The van der Waals surface area contributed by atoms with E-state index in [0.29, 0.717) is 12.0 Å². The molecule has 0 amide bonds. The Morgan fingerprint density at radius 2 is 2.00 bits per heavy atom. The van der Waals surface area contributed by atoms with Crippen molar-refractivity contribution in [1.29, 1.82) is 0 Å². The minimum atomic E-state index is -0.683. The van der Waals surface area contributed by atoms with E-state index in [0.717, 1.165) is 0 Å². The van der Waals surface area contributed by atoms with Crippen molar-refractivity contribution in [2.24, 2.45) is 5.73 Å². The van der Waals surface area contributed by atoms with Crippen LogP contribution in [-0.4, -0.2) is 11.2 Å². The first-order valence-electron chi connectivity index (χ1n) is 4.35. The van der Waals surface area contributed by atoms with Gasteiger partial charge in [0.05, 0.1) is 12.1 Å². The van der Waals surface area contributed by atoms with Crippen LogP contribution in [0, 0.1) is 5.82 Å². The Morgan fingerprint density at radius 1 is 1.43 bits per heavy atom. The summed E-state index contributed by atoms with van der Waals surface area (Å²) < 4.78 is 13.1. The number of hydrogen-bond donors (Lipinski definition) is 2. The molecule has 1 aromatic carbocycles. The molecule has 0 aliphatic carbocycles. The van der Waals surface area contributed by atoms with Gasteiger partial charge in [-0.3, -0.25) is 0 Å². The van der Waals surface area contributed by atoms with Crippen molar-refractivity contribution >= 4 is 12.4 Å². The Morgan fingerprint density at radius 3 is 2.50 bits per heavy atom. The zero-order valence-corrected chi connectivity index (χ0v) is 8.80. The van der Waals surface area contributed by atoms with E-state index in [2.05, 4.69) is 0 Å². The normalized spacial score (nSPS) is 14.3. The standard InChI is InChI=1S/C10H14FNO.ClH/c1-2-9(13)10(12)7-5-3-4-6-8(7)11;/h3-6,9-10,13H,2,12H2,1H3;1H/t9-,10+;/m1./s1. The topological polar surface area (TPSA) is 46.2 Å². The van der Waals surface area contributed by atoms with Gasteiger partial charge in [-0.05, 0) is 12.5 Å². The van der Waals surface area contributed by atoms with Crippen LogP contribution < -0.4 is 5.73 Å². The maximum absolute atomic E-state index is 13.1. The van der Waals surface area contributed by atoms with E-state index < -0.39 is 12.1 Å². The molecular formula is C10H15ClFNO. The smallest absolute Gasteiger partial charge is 0.128 e. The second-order valence-corrected chi connectivity index (χ2v) is 3.02. The quantitative estimate of drug-likeness (QED) is 0.817. The number of aliphatic hydroxyl groups is 1. The highest BCUT2D eigenvalue weighted by molar-refractivity contribution is 5.85. The lowest BCUT2D eigenvalue weighted by atomic mass is 10.0. The van der Waals surface area contributed by atoms with E-state index in [9.17, 15) is 9.50 Å². The highest BCUT2D eigenvalue weighted by Crippen LogP contribution is 2.18. The SMILES string of the molecule is CC[C@@H](O)[C@@H](N)c1ccccc1F.Cl. The predicted octanol–water partition coefficient (Wildman–Crippen LogP) is 2.02. The summed E-state index contributed by atoms with van der Waals surface area (Å²) in [5, 5.41) is 9.41. The number of nitrogens with two attached hydrogens (primary N) is 1. The summed E-state index contributed by atoms with van der Waals surface area (Å²) in [6, 6.07) is 5.62. The van der Waals surface area contributed by atoms with Gasteiger partial charge in [0.25, 0.3) is 0 Å². The van der Waals surface area contributed by atoms with Crippen molar-refractivity contribution in [3.63, 3.8) is 0 Å². The fraction of sp³-hybridized carbons (Fsp3) is 0.400. The molecule has 0 spiro atoms. The van der Waals surface area contributed by atoms with Crippen LogP contribution in [-0.2, 0) is 0 Å². The number of rotatable bonds is 3. The molecule has 0 unspecified atom stereocenters. The average molecular weight is 220 g/mol. The van der Waals surface area contributed by atoms with E-state index >= 15 is 0 Å². The highest BCUT2D eigenvalue weighted by atomic mass is 35.5. The molecular weight excluding hydrogens is 205 g/mol. The molecule has 0 radical (unpaired) electrons. The van der Waals surface area contributed by atoms with E-state index in [-0.39, 0.29) is 18.2 Å². The first kappa shape index (κ1) is 13.4. The van der Waals surface area contributed by atoms with Crippen molar-refractivity contribution in [3.8, 4) is 0 Å². The van der Waals surface area contributed by atoms with Crippen molar-refractivity contribution in [2.75, 3.05) is 0 Å². The Labute approximate surface area is 89.3 Å². The molecule has 0 aliphatic heterocycles. The Balaban J connectivity index is 0.00000169. The minimum absolute atomic E-state index is 0. The largest absolute Gasteiger partial charge is 0.391 e. The minimum Gasteiger partial charge on any atom is -0.391 e. The lowest BCUT2D eigenvalue weighted by molar-refractivity contribution is 0.139. The fourth-order valence-electron chi connectivity index (χ4n) is 1.21. The van der Waals surface area contributed by atoms with Crippen LogP contribution in [0.2, 0.25) is 0 Å². The summed E-state index contributed by atoms with van der Waals surface area (Å²) in [5.41, 5.74) is 6.03. The molecule has 0 saturated heterocycles. The van der Waals surface area contributed by atoms with Gasteiger partial charge in [0, 0.05) is 5.56 Å². The number of halogens is 2. The van der Waals surface area contributed by atoms with E-state index in [1.807, 2.05) is 6.92 Å². The Kier molecular flexibility index (Phi) is 5.69. The van der Waals surface area contributed by atoms with Gasteiger partial charge >= 0.3 is 0 Å². The molecule has 0 bridgehead atoms. The average Bonchev–Trinajstić information content (AvgIpc) is 2.16. The van der Waals surface area contributed by atoms with E-state index in [4.69, 9.17) is 5.73 Å². The van der Waals surface area contributed by atoms with Gasteiger partial charge < -0.3 is 10.8 Å². The molecule has 1 aromatic rings. The van der Waals surface area contributed by atoms with Crippen molar-refractivity contribution in [2.45, 2.75) is 25.5 Å². The summed E-state index contributed by atoms with van der Waals surface area (Å²) in [5.74, 6) is -0.359. The van der Waals surface area contributed by atoms with Gasteiger partial charge in [0.2, 0.25) is 0 Å². The summed E-state index contributed by atoms with van der Waals surface area (Å²) in [4.78, 5) is 0. The van der Waals surface area contributed by atoms with Gasteiger partial charge in [-0.15, -0.1) is 12.4 Å². The third kappa shape index (κ3) is 2.94. The zero-order chi connectivity index (χ0) is 9.84. The highest BCUT2D eigenvalue weighted by Gasteiger charge is 2.17. The van der Waals surface area contributed by atoms with Gasteiger partial charge in [-0.2, -0.15) is 0 Å². The number of aliphatic hydroxyl groups excluding tert-OH is 1. The summed E-state index contributed by atoms with van der Waals surface area (Å²) in [6.07, 6.45) is -0.160. The van der Waals surface area contributed by atoms with Crippen LogP contribution in [0.15, 0.2) is 24.3 Å². The van der Waals surface area contributed by atoms with Crippen LogP contribution in [0.3, 0.4) is 0 Å². The molecule has 2 atom stereocenters.